The fourth-order valence-electron chi connectivity index (χ4n) is 1.79. The van der Waals surface area contributed by atoms with Crippen molar-refractivity contribution in [2.75, 3.05) is 13.7 Å². The van der Waals surface area contributed by atoms with Crippen LogP contribution in [0.25, 0.3) is 0 Å². The second-order valence-corrected chi connectivity index (χ2v) is 4.63. The Labute approximate surface area is 101 Å². The van der Waals surface area contributed by atoms with Crippen LogP contribution in [0.3, 0.4) is 0 Å². The summed E-state index contributed by atoms with van der Waals surface area (Å²) in [6.07, 6.45) is 3.78. The van der Waals surface area contributed by atoms with Crippen LogP contribution in [0.5, 0.6) is 0 Å². The number of carboxylic acid groups (broad SMARTS) is 1. The molecule has 17 heavy (non-hydrogen) atoms. The number of hydrogen-bond donors (Lipinski definition) is 1. The summed E-state index contributed by atoms with van der Waals surface area (Å²) in [6, 6.07) is 0. The van der Waals surface area contributed by atoms with Crippen LogP contribution in [0.4, 0.5) is 0 Å². The molecule has 1 atom stereocenters. The summed E-state index contributed by atoms with van der Waals surface area (Å²) in [6.45, 7) is 6.09. The molecule has 1 rings (SSSR count). The van der Waals surface area contributed by atoms with Crippen LogP contribution in [-0.2, 0) is 15.1 Å². The lowest BCUT2D eigenvalue weighted by Crippen LogP contribution is -2.40. The standard InChI is InChI=1S/C12H20N2O3/c1-9(2)10-13-6-7-14(10)12(3,11(15)16)5-8-17-4/h6-7,9H,5,8H2,1-4H3,(H,15,16). The van der Waals surface area contributed by atoms with Gasteiger partial charge in [0, 0.05) is 38.4 Å². The largest absolute Gasteiger partial charge is 0.479 e. The highest BCUT2D eigenvalue weighted by molar-refractivity contribution is 5.76. The van der Waals surface area contributed by atoms with E-state index in [0.29, 0.717) is 13.0 Å². The Morgan fingerprint density at radius 2 is 2.29 bits per heavy atom. The van der Waals surface area contributed by atoms with Crippen LogP contribution >= 0.6 is 0 Å². The van der Waals surface area contributed by atoms with Crippen molar-refractivity contribution in [3.05, 3.63) is 18.2 Å². The van der Waals surface area contributed by atoms with Crippen molar-refractivity contribution in [1.82, 2.24) is 9.55 Å². The Morgan fingerprint density at radius 1 is 1.65 bits per heavy atom. The van der Waals surface area contributed by atoms with E-state index in [1.54, 1.807) is 31.0 Å². The molecule has 0 radical (unpaired) electrons. The second-order valence-electron chi connectivity index (χ2n) is 4.63. The van der Waals surface area contributed by atoms with Crippen LogP contribution in [0.2, 0.25) is 0 Å². The highest BCUT2D eigenvalue weighted by Gasteiger charge is 2.36. The number of ether oxygens (including phenoxy) is 1. The van der Waals surface area contributed by atoms with Crippen LogP contribution in [-0.4, -0.2) is 34.3 Å². The fourth-order valence-corrected chi connectivity index (χ4v) is 1.79. The first kappa shape index (κ1) is 13.7. The number of hydrogen-bond acceptors (Lipinski definition) is 3. The maximum atomic E-state index is 11.5. The minimum atomic E-state index is -1.01. The number of aromatic nitrogens is 2. The van der Waals surface area contributed by atoms with Gasteiger partial charge in [-0.2, -0.15) is 0 Å². The number of carboxylic acids is 1. The number of methoxy groups -OCH3 is 1. The van der Waals surface area contributed by atoms with Gasteiger partial charge in [-0.05, 0) is 6.92 Å². The van der Waals surface area contributed by atoms with Crippen LogP contribution in [0.15, 0.2) is 12.4 Å². The first-order chi connectivity index (χ1) is 7.93. The van der Waals surface area contributed by atoms with Gasteiger partial charge < -0.3 is 14.4 Å². The maximum absolute atomic E-state index is 11.5. The molecule has 1 aromatic rings. The quantitative estimate of drug-likeness (QED) is 0.824. The summed E-state index contributed by atoms with van der Waals surface area (Å²) in [5.41, 5.74) is -1.01. The molecule has 0 amide bonds. The monoisotopic (exact) mass is 240 g/mol. The topological polar surface area (TPSA) is 64.3 Å². The van der Waals surface area contributed by atoms with Crippen molar-refractivity contribution in [2.24, 2.45) is 0 Å². The number of aliphatic carboxylic acids is 1. The Hall–Kier alpha value is -1.36. The first-order valence-corrected chi connectivity index (χ1v) is 5.69. The number of carbonyl (C=O) groups is 1. The van der Waals surface area contributed by atoms with Crippen molar-refractivity contribution in [2.45, 2.75) is 38.6 Å². The maximum Gasteiger partial charge on any atom is 0.329 e. The van der Waals surface area contributed by atoms with E-state index in [-0.39, 0.29) is 5.92 Å². The predicted octanol–water partition coefficient (Wildman–Crippen LogP) is 1.84. The molecule has 0 aliphatic rings. The predicted molar refractivity (Wildman–Crippen MR) is 64.1 cm³/mol. The van der Waals surface area contributed by atoms with Gasteiger partial charge in [0.2, 0.25) is 0 Å². The van der Waals surface area contributed by atoms with E-state index in [4.69, 9.17) is 4.74 Å². The summed E-state index contributed by atoms with van der Waals surface area (Å²) >= 11 is 0. The zero-order valence-corrected chi connectivity index (χ0v) is 10.8. The molecule has 0 bridgehead atoms. The summed E-state index contributed by atoms with van der Waals surface area (Å²) in [5.74, 6) is 0.103. The van der Waals surface area contributed by atoms with E-state index in [1.165, 1.54) is 0 Å². The summed E-state index contributed by atoms with van der Waals surface area (Å²) in [5, 5.41) is 9.43. The number of imidazole rings is 1. The zero-order valence-electron chi connectivity index (χ0n) is 10.8. The lowest BCUT2D eigenvalue weighted by Gasteiger charge is -2.29. The second kappa shape index (κ2) is 5.31. The molecule has 96 valence electrons. The lowest BCUT2D eigenvalue weighted by molar-refractivity contribution is -0.147. The molecular formula is C12H20N2O3. The van der Waals surface area contributed by atoms with Crippen molar-refractivity contribution >= 4 is 5.97 Å². The third-order valence-corrected chi connectivity index (χ3v) is 2.97. The molecular weight excluding hydrogens is 220 g/mol. The minimum Gasteiger partial charge on any atom is -0.479 e. The lowest BCUT2D eigenvalue weighted by atomic mass is 9.97. The minimum absolute atomic E-state index is 0.186. The van der Waals surface area contributed by atoms with Crippen molar-refractivity contribution in [3.63, 3.8) is 0 Å². The Balaban J connectivity index is 3.13. The van der Waals surface area contributed by atoms with E-state index in [0.717, 1.165) is 5.82 Å². The molecule has 1 N–H and O–H groups in total. The van der Waals surface area contributed by atoms with E-state index >= 15 is 0 Å². The Morgan fingerprint density at radius 3 is 2.76 bits per heavy atom. The van der Waals surface area contributed by atoms with Gasteiger partial charge in [-0.25, -0.2) is 9.78 Å². The van der Waals surface area contributed by atoms with Crippen molar-refractivity contribution in [1.29, 1.82) is 0 Å². The molecule has 5 nitrogen and oxygen atoms in total. The molecule has 5 heteroatoms. The smallest absolute Gasteiger partial charge is 0.329 e. The third-order valence-electron chi connectivity index (χ3n) is 2.97. The van der Waals surface area contributed by atoms with Gasteiger partial charge in [0.05, 0.1) is 0 Å². The number of rotatable bonds is 6. The van der Waals surface area contributed by atoms with Gasteiger partial charge in [0.15, 0.2) is 0 Å². The molecule has 0 aliphatic heterocycles. The molecule has 0 fully saturated rings. The molecule has 0 aliphatic carbocycles. The van der Waals surface area contributed by atoms with Crippen LogP contribution in [0, 0.1) is 0 Å². The average Bonchev–Trinajstić information content (AvgIpc) is 2.74. The zero-order chi connectivity index (χ0) is 13.1. The highest BCUT2D eigenvalue weighted by atomic mass is 16.5. The van der Waals surface area contributed by atoms with Gasteiger partial charge in [-0.3, -0.25) is 0 Å². The van der Waals surface area contributed by atoms with Gasteiger partial charge in [-0.15, -0.1) is 0 Å². The summed E-state index contributed by atoms with van der Waals surface area (Å²) in [4.78, 5) is 15.7. The van der Waals surface area contributed by atoms with Crippen molar-refractivity contribution in [3.8, 4) is 0 Å². The normalized spacial score (nSPS) is 14.9. The molecule has 0 aromatic carbocycles. The highest BCUT2D eigenvalue weighted by Crippen LogP contribution is 2.26. The van der Waals surface area contributed by atoms with Gasteiger partial charge in [0.1, 0.15) is 11.4 Å². The first-order valence-electron chi connectivity index (χ1n) is 5.69. The third kappa shape index (κ3) is 2.66. The molecule has 1 unspecified atom stereocenters. The van der Waals surface area contributed by atoms with Crippen molar-refractivity contribution < 1.29 is 14.6 Å². The average molecular weight is 240 g/mol. The van der Waals surface area contributed by atoms with E-state index in [9.17, 15) is 9.90 Å². The summed E-state index contributed by atoms with van der Waals surface area (Å²) in [7, 11) is 1.57. The fraction of sp³-hybridized carbons (Fsp3) is 0.667. The Bertz CT molecular complexity index is 387. The van der Waals surface area contributed by atoms with E-state index in [1.807, 2.05) is 13.8 Å². The van der Waals surface area contributed by atoms with E-state index < -0.39 is 11.5 Å². The molecule has 1 heterocycles. The molecule has 0 saturated carbocycles. The van der Waals surface area contributed by atoms with Crippen LogP contribution < -0.4 is 0 Å². The molecule has 0 saturated heterocycles. The SMILES string of the molecule is COCCC(C)(C(=O)O)n1ccnc1C(C)C. The number of nitrogens with zero attached hydrogens (tertiary/aromatic N) is 2. The van der Waals surface area contributed by atoms with Gasteiger partial charge in [-0.1, -0.05) is 13.8 Å². The summed E-state index contributed by atoms with van der Waals surface area (Å²) < 4.78 is 6.72. The van der Waals surface area contributed by atoms with Crippen LogP contribution in [0.1, 0.15) is 38.9 Å². The molecule has 1 aromatic heterocycles. The molecule has 0 spiro atoms. The van der Waals surface area contributed by atoms with Gasteiger partial charge in [0.25, 0.3) is 0 Å². The Kier molecular flexibility index (Phi) is 4.28. The van der Waals surface area contributed by atoms with Gasteiger partial charge >= 0.3 is 5.97 Å². The van der Waals surface area contributed by atoms with E-state index in [2.05, 4.69) is 4.98 Å².